The standard InChI is InChI=1S/C10H6BrNOS/c11-4-7-2-1-6-3-9(13)14-10(6)8(7)5-12/h1-3,13H,4H2. The quantitative estimate of drug-likeness (QED) is 0.806. The van der Waals surface area contributed by atoms with Gasteiger partial charge in [0.05, 0.1) is 10.3 Å². The Morgan fingerprint density at radius 3 is 2.93 bits per heavy atom. The van der Waals surface area contributed by atoms with Gasteiger partial charge in [0.15, 0.2) is 5.06 Å². The van der Waals surface area contributed by atoms with Crippen LogP contribution in [0.4, 0.5) is 0 Å². The fraction of sp³-hybridized carbons (Fsp3) is 0.100. The molecule has 0 aliphatic carbocycles. The van der Waals surface area contributed by atoms with Gasteiger partial charge >= 0.3 is 0 Å². The monoisotopic (exact) mass is 267 g/mol. The molecule has 1 heterocycles. The van der Waals surface area contributed by atoms with Crippen molar-refractivity contribution in [2.75, 3.05) is 0 Å². The molecule has 4 heteroatoms. The maximum atomic E-state index is 9.34. The second kappa shape index (κ2) is 3.60. The second-order valence-corrected chi connectivity index (χ2v) is 4.44. The van der Waals surface area contributed by atoms with Crippen molar-refractivity contribution in [3.63, 3.8) is 0 Å². The van der Waals surface area contributed by atoms with Crippen LogP contribution in [0, 0.1) is 11.3 Å². The summed E-state index contributed by atoms with van der Waals surface area (Å²) in [5, 5.41) is 20.2. The van der Waals surface area contributed by atoms with E-state index in [0.29, 0.717) is 10.9 Å². The highest BCUT2D eigenvalue weighted by atomic mass is 79.9. The molecule has 0 bridgehead atoms. The number of alkyl halides is 1. The number of nitrogens with zero attached hydrogens (tertiary/aromatic N) is 1. The summed E-state index contributed by atoms with van der Waals surface area (Å²) >= 11 is 4.58. The molecule has 1 aromatic carbocycles. The first-order chi connectivity index (χ1) is 6.76. The highest BCUT2D eigenvalue weighted by Gasteiger charge is 2.09. The van der Waals surface area contributed by atoms with Gasteiger partial charge in [0.1, 0.15) is 6.07 Å². The van der Waals surface area contributed by atoms with Crippen LogP contribution in [0.25, 0.3) is 10.1 Å². The van der Waals surface area contributed by atoms with Crippen molar-refractivity contribution in [3.8, 4) is 11.1 Å². The van der Waals surface area contributed by atoms with Crippen LogP contribution < -0.4 is 0 Å². The summed E-state index contributed by atoms with van der Waals surface area (Å²) in [5.41, 5.74) is 1.62. The zero-order valence-corrected chi connectivity index (χ0v) is 9.52. The van der Waals surface area contributed by atoms with Gasteiger partial charge < -0.3 is 5.11 Å². The summed E-state index contributed by atoms with van der Waals surface area (Å²) in [6, 6.07) is 7.68. The zero-order valence-electron chi connectivity index (χ0n) is 7.12. The van der Waals surface area contributed by atoms with Crippen molar-refractivity contribution in [1.29, 1.82) is 5.26 Å². The SMILES string of the molecule is N#Cc1c(CBr)ccc2cc(O)sc12. The van der Waals surface area contributed by atoms with Gasteiger partial charge in [-0.15, -0.1) is 0 Å². The third-order valence-electron chi connectivity index (χ3n) is 2.02. The minimum atomic E-state index is 0.253. The second-order valence-electron chi connectivity index (χ2n) is 2.85. The van der Waals surface area contributed by atoms with Crippen molar-refractivity contribution in [3.05, 3.63) is 29.3 Å². The van der Waals surface area contributed by atoms with Crippen LogP contribution in [0.2, 0.25) is 0 Å². The van der Waals surface area contributed by atoms with Gasteiger partial charge in [0, 0.05) is 5.33 Å². The van der Waals surface area contributed by atoms with Crippen LogP contribution in [-0.4, -0.2) is 5.11 Å². The fourth-order valence-corrected chi connectivity index (χ4v) is 2.75. The van der Waals surface area contributed by atoms with Gasteiger partial charge in [-0.05, 0) is 17.0 Å². The van der Waals surface area contributed by atoms with Gasteiger partial charge in [-0.3, -0.25) is 0 Å². The molecular formula is C10H6BrNOS. The Kier molecular flexibility index (Phi) is 2.44. The van der Waals surface area contributed by atoms with Gasteiger partial charge in [0.2, 0.25) is 0 Å². The van der Waals surface area contributed by atoms with E-state index in [1.165, 1.54) is 11.3 Å². The Bertz CT molecular complexity index is 527. The third-order valence-corrected chi connectivity index (χ3v) is 3.59. The number of aromatic hydroxyl groups is 1. The summed E-state index contributed by atoms with van der Waals surface area (Å²) in [5.74, 6) is 0. The normalized spacial score (nSPS) is 10.3. The van der Waals surface area contributed by atoms with Crippen LogP contribution in [-0.2, 0) is 5.33 Å². The lowest BCUT2D eigenvalue weighted by Crippen LogP contribution is -1.84. The number of thiophene rings is 1. The van der Waals surface area contributed by atoms with Crippen molar-refractivity contribution in [2.24, 2.45) is 0 Å². The predicted molar refractivity (Wildman–Crippen MR) is 60.8 cm³/mol. The van der Waals surface area contributed by atoms with Crippen molar-refractivity contribution in [2.45, 2.75) is 5.33 Å². The van der Waals surface area contributed by atoms with E-state index in [1.54, 1.807) is 6.07 Å². The summed E-state index contributed by atoms with van der Waals surface area (Å²) in [6.07, 6.45) is 0. The van der Waals surface area contributed by atoms with Crippen molar-refractivity contribution in [1.82, 2.24) is 0 Å². The summed E-state index contributed by atoms with van der Waals surface area (Å²) in [7, 11) is 0. The largest absolute Gasteiger partial charge is 0.499 e. The molecule has 2 nitrogen and oxygen atoms in total. The van der Waals surface area contributed by atoms with E-state index in [1.807, 2.05) is 12.1 Å². The summed E-state index contributed by atoms with van der Waals surface area (Å²) in [6.45, 7) is 0. The molecule has 0 aliphatic rings. The number of hydrogen-bond acceptors (Lipinski definition) is 3. The molecule has 1 N–H and O–H groups in total. The first-order valence-electron chi connectivity index (χ1n) is 3.96. The third kappa shape index (κ3) is 1.39. The lowest BCUT2D eigenvalue weighted by Gasteiger charge is -1.99. The maximum absolute atomic E-state index is 9.34. The molecule has 2 rings (SSSR count). The molecule has 0 atom stereocenters. The topological polar surface area (TPSA) is 44.0 Å². The van der Waals surface area contributed by atoms with Gasteiger partial charge in [-0.2, -0.15) is 5.26 Å². The minimum Gasteiger partial charge on any atom is -0.499 e. The molecule has 0 saturated carbocycles. The lowest BCUT2D eigenvalue weighted by molar-refractivity contribution is 0.491. The molecule has 70 valence electrons. The summed E-state index contributed by atoms with van der Waals surface area (Å²) in [4.78, 5) is 0. The summed E-state index contributed by atoms with van der Waals surface area (Å²) < 4.78 is 0.863. The van der Waals surface area contributed by atoms with Gasteiger partial charge in [0.25, 0.3) is 0 Å². The zero-order chi connectivity index (χ0) is 10.1. The average Bonchev–Trinajstić information content (AvgIpc) is 2.56. The molecule has 14 heavy (non-hydrogen) atoms. The van der Waals surface area contributed by atoms with Crippen molar-refractivity contribution >= 4 is 37.4 Å². The molecule has 0 radical (unpaired) electrons. The van der Waals surface area contributed by atoms with E-state index < -0.39 is 0 Å². The highest BCUT2D eigenvalue weighted by Crippen LogP contribution is 2.34. The van der Waals surface area contributed by atoms with E-state index >= 15 is 0 Å². The Hall–Kier alpha value is -1.05. The van der Waals surface area contributed by atoms with Crippen molar-refractivity contribution < 1.29 is 5.11 Å². The number of rotatable bonds is 1. The Morgan fingerprint density at radius 2 is 2.29 bits per heavy atom. The molecule has 1 aromatic heterocycles. The maximum Gasteiger partial charge on any atom is 0.172 e. The molecule has 0 aliphatic heterocycles. The van der Waals surface area contributed by atoms with E-state index in [4.69, 9.17) is 5.26 Å². The van der Waals surface area contributed by atoms with E-state index in [9.17, 15) is 5.11 Å². The highest BCUT2D eigenvalue weighted by molar-refractivity contribution is 9.08. The number of benzene rings is 1. The Labute approximate surface area is 93.5 Å². The van der Waals surface area contributed by atoms with Crippen LogP contribution >= 0.6 is 27.3 Å². The Morgan fingerprint density at radius 1 is 1.50 bits per heavy atom. The van der Waals surface area contributed by atoms with Gasteiger partial charge in [-0.25, -0.2) is 0 Å². The number of nitriles is 1. The molecule has 0 saturated heterocycles. The van der Waals surface area contributed by atoms with Crippen LogP contribution in [0.3, 0.4) is 0 Å². The van der Waals surface area contributed by atoms with E-state index in [0.717, 1.165) is 15.6 Å². The van der Waals surface area contributed by atoms with E-state index in [2.05, 4.69) is 22.0 Å². The number of fused-ring (bicyclic) bond motifs is 1. The van der Waals surface area contributed by atoms with E-state index in [-0.39, 0.29) is 5.06 Å². The fourth-order valence-electron chi connectivity index (χ4n) is 1.36. The van der Waals surface area contributed by atoms with Gasteiger partial charge in [-0.1, -0.05) is 39.4 Å². The molecule has 0 unspecified atom stereocenters. The molecule has 0 spiro atoms. The number of halogens is 1. The lowest BCUT2D eigenvalue weighted by atomic mass is 10.1. The first kappa shape index (κ1) is 9.50. The molecular weight excluding hydrogens is 262 g/mol. The molecule has 0 fully saturated rings. The Balaban J connectivity index is 2.84. The molecule has 2 aromatic rings. The average molecular weight is 268 g/mol. The minimum absolute atomic E-state index is 0.253. The molecule has 0 amide bonds. The first-order valence-corrected chi connectivity index (χ1v) is 5.90. The van der Waals surface area contributed by atoms with Crippen LogP contribution in [0.15, 0.2) is 18.2 Å². The predicted octanol–water partition coefficient (Wildman–Crippen LogP) is 3.37. The smallest absolute Gasteiger partial charge is 0.172 e. The van der Waals surface area contributed by atoms with Crippen LogP contribution in [0.1, 0.15) is 11.1 Å². The van der Waals surface area contributed by atoms with Crippen LogP contribution in [0.5, 0.6) is 5.06 Å². The number of hydrogen-bond donors (Lipinski definition) is 1.